The third kappa shape index (κ3) is 4.12. The van der Waals surface area contributed by atoms with Gasteiger partial charge in [0.2, 0.25) is 10.0 Å². The molecule has 0 fully saturated rings. The Morgan fingerprint density at radius 3 is 2.65 bits per heavy atom. The predicted molar refractivity (Wildman–Crippen MR) is 105 cm³/mol. The van der Waals surface area contributed by atoms with Crippen molar-refractivity contribution in [2.45, 2.75) is 15.8 Å². The third-order valence-corrected chi connectivity index (χ3v) is 6.82. The van der Waals surface area contributed by atoms with Gasteiger partial charge in [-0.15, -0.1) is 0 Å². The van der Waals surface area contributed by atoms with Crippen molar-refractivity contribution >= 4 is 33.4 Å². The van der Waals surface area contributed by atoms with Crippen molar-refractivity contribution in [2.75, 3.05) is 14.1 Å². The summed E-state index contributed by atoms with van der Waals surface area (Å²) >= 11 is 7.61. The fourth-order valence-corrected chi connectivity index (χ4v) is 4.45. The molecule has 26 heavy (non-hydrogen) atoms. The van der Waals surface area contributed by atoms with E-state index in [1.165, 1.54) is 30.2 Å². The molecular formula is C18H18ClN3O2S2. The summed E-state index contributed by atoms with van der Waals surface area (Å²) in [6.07, 6.45) is 3.61. The first-order valence-corrected chi connectivity index (χ1v) is 10.6. The Morgan fingerprint density at radius 1 is 1.15 bits per heavy atom. The zero-order valence-electron chi connectivity index (χ0n) is 14.3. The van der Waals surface area contributed by atoms with E-state index in [1.807, 2.05) is 41.1 Å². The second kappa shape index (κ2) is 7.84. The van der Waals surface area contributed by atoms with Gasteiger partial charge in [0.05, 0.1) is 4.90 Å². The smallest absolute Gasteiger partial charge is 0.242 e. The van der Waals surface area contributed by atoms with Gasteiger partial charge >= 0.3 is 0 Å². The van der Waals surface area contributed by atoms with Gasteiger partial charge in [-0.25, -0.2) is 17.7 Å². The molecular weight excluding hydrogens is 390 g/mol. The van der Waals surface area contributed by atoms with Crippen LogP contribution in [0.1, 0.15) is 5.56 Å². The van der Waals surface area contributed by atoms with Crippen LogP contribution in [-0.4, -0.2) is 36.4 Å². The highest BCUT2D eigenvalue weighted by Crippen LogP contribution is 2.26. The molecule has 1 heterocycles. The number of nitrogens with zero attached hydrogens (tertiary/aromatic N) is 3. The first kappa shape index (κ1) is 19.0. The molecule has 0 aliphatic carbocycles. The molecule has 136 valence electrons. The highest BCUT2D eigenvalue weighted by molar-refractivity contribution is 7.98. The van der Waals surface area contributed by atoms with E-state index in [4.69, 9.17) is 11.6 Å². The van der Waals surface area contributed by atoms with Crippen molar-refractivity contribution in [1.29, 1.82) is 0 Å². The Bertz CT molecular complexity index is 1020. The maximum atomic E-state index is 12.3. The van der Waals surface area contributed by atoms with Gasteiger partial charge in [0, 0.05) is 43.0 Å². The number of imidazole rings is 1. The molecule has 1 aromatic heterocycles. The average Bonchev–Trinajstić information content (AvgIpc) is 3.08. The van der Waals surface area contributed by atoms with E-state index in [9.17, 15) is 8.42 Å². The second-order valence-corrected chi connectivity index (χ2v) is 9.31. The van der Waals surface area contributed by atoms with Crippen molar-refractivity contribution in [3.63, 3.8) is 0 Å². The number of sulfonamides is 1. The predicted octanol–water partition coefficient (Wildman–Crippen LogP) is 4.07. The van der Waals surface area contributed by atoms with Crippen LogP contribution in [0, 0.1) is 0 Å². The molecule has 0 saturated carbocycles. The van der Waals surface area contributed by atoms with E-state index in [0.29, 0.717) is 15.7 Å². The van der Waals surface area contributed by atoms with Crippen molar-refractivity contribution < 1.29 is 8.42 Å². The molecule has 0 unspecified atom stereocenters. The van der Waals surface area contributed by atoms with Crippen molar-refractivity contribution in [1.82, 2.24) is 13.9 Å². The zero-order valence-corrected chi connectivity index (χ0v) is 16.7. The lowest BCUT2D eigenvalue weighted by atomic mass is 10.2. The fourth-order valence-electron chi connectivity index (χ4n) is 2.37. The monoisotopic (exact) mass is 407 g/mol. The first-order valence-electron chi connectivity index (χ1n) is 7.81. The molecule has 0 spiro atoms. The summed E-state index contributed by atoms with van der Waals surface area (Å²) in [7, 11) is -0.386. The van der Waals surface area contributed by atoms with E-state index < -0.39 is 10.0 Å². The van der Waals surface area contributed by atoms with Crippen molar-refractivity contribution in [2.24, 2.45) is 0 Å². The molecule has 0 saturated heterocycles. The average molecular weight is 408 g/mol. The van der Waals surface area contributed by atoms with Crippen LogP contribution < -0.4 is 0 Å². The topological polar surface area (TPSA) is 55.2 Å². The Hall–Kier alpha value is -1.80. The Kier molecular flexibility index (Phi) is 5.72. The van der Waals surface area contributed by atoms with Gasteiger partial charge in [-0.05, 0) is 35.9 Å². The summed E-state index contributed by atoms with van der Waals surface area (Å²) < 4.78 is 27.7. The molecule has 0 amide bonds. The van der Waals surface area contributed by atoms with Gasteiger partial charge in [0.25, 0.3) is 0 Å². The largest absolute Gasteiger partial charge is 0.295 e. The molecule has 0 aliphatic heterocycles. The van der Waals surface area contributed by atoms with Crippen LogP contribution in [0.5, 0.6) is 0 Å². The number of hydrogen-bond acceptors (Lipinski definition) is 4. The first-order chi connectivity index (χ1) is 12.4. The lowest BCUT2D eigenvalue weighted by molar-refractivity contribution is 0.520. The molecule has 0 radical (unpaired) electrons. The van der Waals surface area contributed by atoms with Crippen LogP contribution >= 0.6 is 23.4 Å². The second-order valence-electron chi connectivity index (χ2n) is 5.78. The number of rotatable bonds is 6. The number of halogens is 1. The van der Waals surface area contributed by atoms with Gasteiger partial charge in [-0.2, -0.15) is 0 Å². The Balaban J connectivity index is 1.80. The Labute approximate surface area is 162 Å². The van der Waals surface area contributed by atoms with Crippen molar-refractivity contribution in [3.05, 3.63) is 71.5 Å². The highest BCUT2D eigenvalue weighted by atomic mass is 35.5. The number of benzene rings is 2. The minimum Gasteiger partial charge on any atom is -0.295 e. The Morgan fingerprint density at radius 2 is 1.92 bits per heavy atom. The quantitative estimate of drug-likeness (QED) is 0.578. The van der Waals surface area contributed by atoms with Crippen LogP contribution in [-0.2, 0) is 15.8 Å². The number of thioether (sulfide) groups is 1. The van der Waals surface area contributed by atoms with E-state index in [2.05, 4.69) is 4.98 Å². The van der Waals surface area contributed by atoms with E-state index in [1.54, 1.807) is 24.4 Å². The zero-order chi connectivity index (χ0) is 18.7. The molecule has 0 bridgehead atoms. The molecule has 2 aromatic carbocycles. The SMILES string of the molecule is CN(C)S(=O)(=O)c1cccc(CSc2nccn2-c2cccc(Cl)c2)c1. The third-order valence-electron chi connectivity index (χ3n) is 3.74. The normalized spacial score (nSPS) is 11.8. The molecule has 5 nitrogen and oxygen atoms in total. The number of aromatic nitrogens is 2. The van der Waals surface area contributed by atoms with E-state index >= 15 is 0 Å². The van der Waals surface area contributed by atoms with Gasteiger partial charge < -0.3 is 0 Å². The molecule has 3 aromatic rings. The van der Waals surface area contributed by atoms with Crippen LogP contribution in [0.2, 0.25) is 5.02 Å². The lowest BCUT2D eigenvalue weighted by Crippen LogP contribution is -2.22. The maximum Gasteiger partial charge on any atom is 0.242 e. The fraction of sp³-hybridized carbons (Fsp3) is 0.167. The van der Waals surface area contributed by atoms with Gasteiger partial charge in [-0.1, -0.05) is 41.6 Å². The summed E-state index contributed by atoms with van der Waals surface area (Å²) in [5.74, 6) is 0.606. The summed E-state index contributed by atoms with van der Waals surface area (Å²) in [6, 6.07) is 14.5. The van der Waals surface area contributed by atoms with Gasteiger partial charge in [0.1, 0.15) is 0 Å². The highest BCUT2D eigenvalue weighted by Gasteiger charge is 2.17. The summed E-state index contributed by atoms with van der Waals surface area (Å²) in [6.45, 7) is 0. The number of hydrogen-bond donors (Lipinski definition) is 0. The summed E-state index contributed by atoms with van der Waals surface area (Å²) in [5.41, 5.74) is 1.85. The minimum atomic E-state index is -3.44. The van der Waals surface area contributed by atoms with E-state index in [0.717, 1.165) is 16.4 Å². The van der Waals surface area contributed by atoms with Crippen LogP contribution in [0.15, 0.2) is 71.0 Å². The molecule has 3 rings (SSSR count). The van der Waals surface area contributed by atoms with Crippen LogP contribution in [0.25, 0.3) is 5.69 Å². The molecule has 0 aliphatic rings. The molecule has 8 heteroatoms. The standard InChI is InChI=1S/C18H18ClN3O2S2/c1-21(2)26(23,24)17-8-3-5-14(11-17)13-25-18-20-9-10-22(18)16-7-4-6-15(19)12-16/h3-12H,13H2,1-2H3. The lowest BCUT2D eigenvalue weighted by Gasteiger charge is -2.12. The van der Waals surface area contributed by atoms with Gasteiger partial charge in [0.15, 0.2) is 5.16 Å². The van der Waals surface area contributed by atoms with Crippen LogP contribution in [0.4, 0.5) is 0 Å². The summed E-state index contributed by atoms with van der Waals surface area (Å²) in [4.78, 5) is 4.68. The van der Waals surface area contributed by atoms with E-state index in [-0.39, 0.29) is 0 Å². The van der Waals surface area contributed by atoms with Crippen molar-refractivity contribution in [3.8, 4) is 5.69 Å². The van der Waals surface area contributed by atoms with Crippen LogP contribution in [0.3, 0.4) is 0 Å². The molecule has 0 atom stereocenters. The minimum absolute atomic E-state index is 0.291. The maximum absolute atomic E-state index is 12.3. The summed E-state index contributed by atoms with van der Waals surface area (Å²) in [5, 5.41) is 1.47. The molecule has 0 N–H and O–H groups in total. The van der Waals surface area contributed by atoms with Gasteiger partial charge in [-0.3, -0.25) is 4.57 Å².